The molecule has 1 fully saturated rings. The Labute approximate surface area is 187 Å². The quantitative estimate of drug-likeness (QED) is 0.274. The Kier molecular flexibility index (Phi) is 10.1. The number of guanidine groups is 1. The molecule has 5 nitrogen and oxygen atoms in total. The summed E-state index contributed by atoms with van der Waals surface area (Å²) in [5, 5.41) is 3.23. The molecule has 2 rings (SSSR count). The maximum absolute atomic E-state index is 13.9. The van der Waals surface area contributed by atoms with Crippen molar-refractivity contribution in [2.45, 2.75) is 32.2 Å². The SMILES string of the molecule is CN=C(NCc1ccc(F)c(CN(C)C)c1)N1CCN(C(C)C(F)(F)F)CC1.I. The van der Waals surface area contributed by atoms with Gasteiger partial charge < -0.3 is 15.1 Å². The van der Waals surface area contributed by atoms with Gasteiger partial charge in [-0.3, -0.25) is 9.89 Å². The molecule has 0 saturated carbocycles. The number of nitrogens with one attached hydrogen (secondary N) is 1. The van der Waals surface area contributed by atoms with Crippen LogP contribution in [0.5, 0.6) is 0 Å². The molecule has 0 spiro atoms. The fraction of sp³-hybridized carbons (Fsp3) is 0.632. The summed E-state index contributed by atoms with van der Waals surface area (Å²) in [4.78, 5) is 9.53. The van der Waals surface area contributed by atoms with E-state index in [-0.39, 0.29) is 29.8 Å². The molecule has 0 bridgehead atoms. The van der Waals surface area contributed by atoms with Gasteiger partial charge in [-0.1, -0.05) is 6.07 Å². The van der Waals surface area contributed by atoms with Crippen LogP contribution in [0.25, 0.3) is 0 Å². The molecule has 1 atom stereocenters. The van der Waals surface area contributed by atoms with Gasteiger partial charge in [0.1, 0.15) is 11.9 Å². The van der Waals surface area contributed by atoms with Crippen LogP contribution in [0.2, 0.25) is 0 Å². The van der Waals surface area contributed by atoms with Crippen molar-refractivity contribution in [2.75, 3.05) is 47.3 Å². The highest BCUT2D eigenvalue weighted by molar-refractivity contribution is 14.0. The summed E-state index contributed by atoms with van der Waals surface area (Å²) in [6.07, 6.45) is -4.21. The third-order valence-corrected chi connectivity index (χ3v) is 4.89. The third kappa shape index (κ3) is 7.56. The highest BCUT2D eigenvalue weighted by atomic mass is 127. The second-order valence-corrected chi connectivity index (χ2v) is 7.30. The molecule has 166 valence electrons. The Balaban J connectivity index is 0.00000420. The van der Waals surface area contributed by atoms with E-state index in [1.165, 1.54) is 17.9 Å². The predicted octanol–water partition coefficient (Wildman–Crippen LogP) is 3.15. The zero-order valence-corrected chi connectivity index (χ0v) is 19.6. The molecule has 1 aromatic carbocycles. The molecule has 1 aliphatic heterocycles. The number of rotatable bonds is 5. The van der Waals surface area contributed by atoms with E-state index in [0.717, 1.165) is 5.56 Å². The monoisotopic (exact) mass is 531 g/mol. The van der Waals surface area contributed by atoms with Crippen molar-refractivity contribution in [1.82, 2.24) is 20.0 Å². The van der Waals surface area contributed by atoms with E-state index in [2.05, 4.69) is 10.3 Å². The van der Waals surface area contributed by atoms with Crippen LogP contribution >= 0.6 is 24.0 Å². The minimum absolute atomic E-state index is 0. The number of benzene rings is 1. The number of halogens is 5. The van der Waals surface area contributed by atoms with Crippen LogP contribution in [0, 0.1) is 5.82 Å². The summed E-state index contributed by atoms with van der Waals surface area (Å²) in [6, 6.07) is 3.55. The lowest BCUT2D eigenvalue weighted by Crippen LogP contribution is -2.56. The van der Waals surface area contributed by atoms with Gasteiger partial charge in [0.15, 0.2) is 5.96 Å². The Bertz CT molecular complexity index is 673. The van der Waals surface area contributed by atoms with E-state index in [1.807, 2.05) is 30.0 Å². The number of alkyl halides is 3. The second kappa shape index (κ2) is 11.3. The summed E-state index contributed by atoms with van der Waals surface area (Å²) in [7, 11) is 5.41. The van der Waals surface area contributed by atoms with Gasteiger partial charge in [0, 0.05) is 51.9 Å². The maximum Gasteiger partial charge on any atom is 0.403 e. The molecule has 0 aromatic heterocycles. The molecule has 0 radical (unpaired) electrons. The number of nitrogens with zero attached hydrogens (tertiary/aromatic N) is 4. The van der Waals surface area contributed by atoms with Gasteiger partial charge in [-0.05, 0) is 38.7 Å². The fourth-order valence-electron chi connectivity index (χ4n) is 3.24. The largest absolute Gasteiger partial charge is 0.403 e. The van der Waals surface area contributed by atoms with Crippen LogP contribution in [-0.4, -0.2) is 80.2 Å². The zero-order valence-electron chi connectivity index (χ0n) is 17.3. The lowest BCUT2D eigenvalue weighted by molar-refractivity contribution is -0.181. The minimum atomic E-state index is -4.21. The van der Waals surface area contributed by atoms with E-state index in [4.69, 9.17) is 0 Å². The number of hydrogen-bond donors (Lipinski definition) is 1. The molecule has 10 heteroatoms. The van der Waals surface area contributed by atoms with Gasteiger partial charge in [0.05, 0.1) is 0 Å². The first kappa shape index (κ1) is 25.9. The molecule has 1 heterocycles. The molecule has 1 aliphatic rings. The van der Waals surface area contributed by atoms with Crippen molar-refractivity contribution in [3.63, 3.8) is 0 Å². The van der Waals surface area contributed by atoms with Crippen LogP contribution in [-0.2, 0) is 13.1 Å². The van der Waals surface area contributed by atoms with Crippen LogP contribution in [0.3, 0.4) is 0 Å². The highest BCUT2D eigenvalue weighted by Gasteiger charge is 2.41. The van der Waals surface area contributed by atoms with Gasteiger partial charge in [-0.15, -0.1) is 24.0 Å². The molecular weight excluding hydrogens is 501 g/mol. The van der Waals surface area contributed by atoms with Crippen LogP contribution in [0.4, 0.5) is 17.6 Å². The topological polar surface area (TPSA) is 34.1 Å². The van der Waals surface area contributed by atoms with Gasteiger partial charge >= 0.3 is 6.18 Å². The second-order valence-electron chi connectivity index (χ2n) is 7.30. The number of hydrogen-bond acceptors (Lipinski definition) is 3. The Morgan fingerprint density at radius 2 is 1.83 bits per heavy atom. The van der Waals surface area contributed by atoms with E-state index in [9.17, 15) is 17.6 Å². The molecule has 1 saturated heterocycles. The van der Waals surface area contributed by atoms with Crippen LogP contribution in [0.15, 0.2) is 23.2 Å². The third-order valence-electron chi connectivity index (χ3n) is 4.89. The Hall–Kier alpha value is -1.14. The summed E-state index contributed by atoms with van der Waals surface area (Å²) in [5.41, 5.74) is 1.54. The molecule has 0 aliphatic carbocycles. The van der Waals surface area contributed by atoms with Gasteiger partial charge in [-0.25, -0.2) is 4.39 Å². The Morgan fingerprint density at radius 3 is 2.34 bits per heavy atom. The zero-order chi connectivity index (χ0) is 20.9. The predicted molar refractivity (Wildman–Crippen MR) is 118 cm³/mol. The minimum Gasteiger partial charge on any atom is -0.352 e. The van der Waals surface area contributed by atoms with E-state index in [0.29, 0.717) is 50.8 Å². The summed E-state index contributed by atoms with van der Waals surface area (Å²) < 4.78 is 52.6. The first-order valence-electron chi connectivity index (χ1n) is 9.30. The normalized spacial score (nSPS) is 17.3. The van der Waals surface area contributed by atoms with Gasteiger partial charge in [-0.2, -0.15) is 13.2 Å². The van der Waals surface area contributed by atoms with Gasteiger partial charge in [0.25, 0.3) is 0 Å². The average Bonchev–Trinajstić information content (AvgIpc) is 2.63. The first-order valence-corrected chi connectivity index (χ1v) is 9.30. The standard InChI is InChI=1S/C19H29F4N5.HI/c1-14(19(21,22)23)27-7-9-28(10-8-27)18(24-2)25-12-15-5-6-17(20)16(11-15)13-26(3)4;/h5-6,11,14H,7-10,12-13H2,1-4H3,(H,24,25);1H. The molecule has 0 amide bonds. The van der Waals surface area contributed by atoms with Crippen molar-refractivity contribution in [3.8, 4) is 0 Å². The molecule has 29 heavy (non-hydrogen) atoms. The number of aliphatic imine (C=N–C) groups is 1. The summed E-state index contributed by atoms with van der Waals surface area (Å²) in [5.74, 6) is 0.398. The van der Waals surface area contributed by atoms with E-state index in [1.54, 1.807) is 13.1 Å². The van der Waals surface area contributed by atoms with Crippen molar-refractivity contribution in [1.29, 1.82) is 0 Å². The van der Waals surface area contributed by atoms with Crippen LogP contribution in [0.1, 0.15) is 18.1 Å². The van der Waals surface area contributed by atoms with Crippen LogP contribution < -0.4 is 5.32 Å². The molecule has 1 aromatic rings. The van der Waals surface area contributed by atoms with Gasteiger partial charge in [0.2, 0.25) is 0 Å². The summed E-state index contributed by atoms with van der Waals surface area (Å²) >= 11 is 0. The maximum atomic E-state index is 13.9. The smallest absolute Gasteiger partial charge is 0.352 e. The van der Waals surface area contributed by atoms with Crippen molar-refractivity contribution in [2.24, 2.45) is 4.99 Å². The van der Waals surface area contributed by atoms with E-state index < -0.39 is 12.2 Å². The average molecular weight is 531 g/mol. The van der Waals surface area contributed by atoms with Crippen molar-refractivity contribution >= 4 is 29.9 Å². The number of piperazine rings is 1. The summed E-state index contributed by atoms with van der Waals surface area (Å²) in [6.45, 7) is 3.75. The first-order chi connectivity index (χ1) is 13.1. The molecule has 1 N–H and O–H groups in total. The lowest BCUT2D eigenvalue weighted by Gasteiger charge is -2.39. The fourth-order valence-corrected chi connectivity index (χ4v) is 3.24. The molecule has 1 unspecified atom stereocenters. The Morgan fingerprint density at radius 1 is 1.21 bits per heavy atom. The van der Waals surface area contributed by atoms with E-state index >= 15 is 0 Å². The lowest BCUT2D eigenvalue weighted by atomic mass is 10.1. The van der Waals surface area contributed by atoms with Crippen molar-refractivity contribution in [3.05, 3.63) is 35.1 Å². The highest BCUT2D eigenvalue weighted by Crippen LogP contribution is 2.25. The van der Waals surface area contributed by atoms with Crippen molar-refractivity contribution < 1.29 is 17.6 Å². The molecular formula is C19H30F4IN5.